The molecule has 1 aromatic carbocycles. The van der Waals surface area contributed by atoms with Crippen LogP contribution in [0, 0.1) is 11.3 Å². The van der Waals surface area contributed by atoms with Crippen LogP contribution < -0.4 is 5.48 Å². The van der Waals surface area contributed by atoms with Crippen molar-refractivity contribution < 1.29 is 19.5 Å². The van der Waals surface area contributed by atoms with Gasteiger partial charge in [0.05, 0.1) is 11.3 Å². The first kappa shape index (κ1) is 14.8. The third kappa shape index (κ3) is 2.64. The van der Waals surface area contributed by atoms with Crippen molar-refractivity contribution >= 4 is 23.5 Å². The molecule has 1 aliphatic heterocycles. The molecule has 6 heteroatoms. The van der Waals surface area contributed by atoms with E-state index in [0.29, 0.717) is 5.02 Å². The van der Waals surface area contributed by atoms with Crippen LogP contribution in [-0.4, -0.2) is 23.1 Å². The van der Waals surface area contributed by atoms with Crippen LogP contribution in [0.4, 0.5) is 0 Å². The number of carbonyl (C=O) groups is 2. The molecule has 1 saturated heterocycles. The first-order chi connectivity index (χ1) is 9.34. The first-order valence-electron chi connectivity index (χ1n) is 6.26. The van der Waals surface area contributed by atoms with Gasteiger partial charge >= 0.3 is 5.97 Å². The van der Waals surface area contributed by atoms with Crippen LogP contribution in [-0.2, 0) is 20.8 Å². The van der Waals surface area contributed by atoms with E-state index in [0.717, 1.165) is 5.56 Å². The van der Waals surface area contributed by atoms with Gasteiger partial charge < -0.3 is 5.11 Å². The number of amides is 1. The van der Waals surface area contributed by atoms with Crippen molar-refractivity contribution in [3.05, 3.63) is 34.9 Å². The third-order valence-corrected chi connectivity index (χ3v) is 4.02. The van der Waals surface area contributed by atoms with Gasteiger partial charge in [0.25, 0.3) is 5.91 Å². The lowest BCUT2D eigenvalue weighted by atomic mass is 9.77. The summed E-state index contributed by atoms with van der Waals surface area (Å²) in [5.74, 6) is -2.18. The van der Waals surface area contributed by atoms with Crippen molar-refractivity contribution in [1.82, 2.24) is 5.48 Å². The van der Waals surface area contributed by atoms with Crippen molar-refractivity contribution in [2.24, 2.45) is 11.3 Å². The average Bonchev–Trinajstić information content (AvgIpc) is 2.63. The molecule has 2 N–H and O–H groups in total. The van der Waals surface area contributed by atoms with Crippen molar-refractivity contribution in [3.63, 3.8) is 0 Å². The number of rotatable bonds is 4. The van der Waals surface area contributed by atoms with E-state index in [4.69, 9.17) is 16.4 Å². The van der Waals surface area contributed by atoms with E-state index >= 15 is 0 Å². The van der Waals surface area contributed by atoms with Crippen molar-refractivity contribution in [1.29, 1.82) is 0 Å². The fourth-order valence-corrected chi connectivity index (χ4v) is 2.55. The standard InChI is InChI=1S/C14H16ClNO4/c1-14(2)11(20-16-13(14)19)9(12(17)18)7-8-5-3-4-6-10(8)15/h3-6,9,11H,7H2,1-2H3,(H,16,19)(H,17,18). The number of carbonyl (C=O) groups excluding carboxylic acids is 1. The summed E-state index contributed by atoms with van der Waals surface area (Å²) in [6, 6.07) is 7.06. The van der Waals surface area contributed by atoms with E-state index in [-0.39, 0.29) is 12.3 Å². The molecular weight excluding hydrogens is 282 g/mol. The first-order valence-corrected chi connectivity index (χ1v) is 6.64. The highest BCUT2D eigenvalue weighted by atomic mass is 35.5. The number of nitrogens with one attached hydrogen (secondary N) is 1. The zero-order chi connectivity index (χ0) is 14.9. The molecule has 20 heavy (non-hydrogen) atoms. The third-order valence-electron chi connectivity index (χ3n) is 3.66. The lowest BCUT2D eigenvalue weighted by Gasteiger charge is -2.27. The summed E-state index contributed by atoms with van der Waals surface area (Å²) >= 11 is 6.06. The molecule has 1 heterocycles. The zero-order valence-electron chi connectivity index (χ0n) is 11.2. The van der Waals surface area contributed by atoms with Gasteiger partial charge in [-0.2, -0.15) is 0 Å². The number of halogens is 1. The molecule has 0 aromatic heterocycles. The summed E-state index contributed by atoms with van der Waals surface area (Å²) in [5, 5.41) is 9.95. The highest BCUT2D eigenvalue weighted by molar-refractivity contribution is 6.31. The fraction of sp³-hybridized carbons (Fsp3) is 0.429. The molecule has 2 rings (SSSR count). The maximum absolute atomic E-state index is 11.7. The van der Waals surface area contributed by atoms with Crippen molar-refractivity contribution in [2.75, 3.05) is 0 Å². The van der Waals surface area contributed by atoms with Gasteiger partial charge in [-0.15, -0.1) is 0 Å². The van der Waals surface area contributed by atoms with E-state index < -0.39 is 23.4 Å². The Balaban J connectivity index is 2.27. The topological polar surface area (TPSA) is 75.6 Å². The minimum Gasteiger partial charge on any atom is -0.481 e. The maximum atomic E-state index is 11.7. The van der Waals surface area contributed by atoms with Gasteiger partial charge in [-0.1, -0.05) is 29.8 Å². The van der Waals surface area contributed by atoms with E-state index in [1.54, 1.807) is 38.1 Å². The number of carboxylic acids is 1. The van der Waals surface area contributed by atoms with Crippen LogP contribution >= 0.6 is 11.6 Å². The van der Waals surface area contributed by atoms with Gasteiger partial charge in [-0.25, -0.2) is 5.48 Å². The van der Waals surface area contributed by atoms with Gasteiger partial charge in [0, 0.05) is 5.02 Å². The number of hydroxylamine groups is 1. The van der Waals surface area contributed by atoms with Gasteiger partial charge in [-0.05, 0) is 31.9 Å². The number of aliphatic carboxylic acids is 1. The molecule has 5 nitrogen and oxygen atoms in total. The Morgan fingerprint density at radius 1 is 1.50 bits per heavy atom. The van der Waals surface area contributed by atoms with Crippen LogP contribution in [0.1, 0.15) is 19.4 Å². The zero-order valence-corrected chi connectivity index (χ0v) is 12.0. The molecule has 0 aliphatic carbocycles. The summed E-state index contributed by atoms with van der Waals surface area (Å²) < 4.78 is 0. The maximum Gasteiger partial charge on any atom is 0.309 e. The number of carboxylic acid groups (broad SMARTS) is 1. The molecule has 0 spiro atoms. The van der Waals surface area contributed by atoms with Gasteiger partial charge in [0.2, 0.25) is 0 Å². The Bertz CT molecular complexity index is 544. The quantitative estimate of drug-likeness (QED) is 0.892. The van der Waals surface area contributed by atoms with Gasteiger partial charge in [0.15, 0.2) is 0 Å². The van der Waals surface area contributed by atoms with Crippen molar-refractivity contribution in [3.8, 4) is 0 Å². The molecule has 0 saturated carbocycles. The largest absolute Gasteiger partial charge is 0.481 e. The summed E-state index contributed by atoms with van der Waals surface area (Å²) in [7, 11) is 0. The minimum atomic E-state index is -1.01. The van der Waals surface area contributed by atoms with Crippen LogP contribution in [0.25, 0.3) is 0 Å². The molecule has 2 unspecified atom stereocenters. The predicted octanol–water partition coefficient (Wildman–Crippen LogP) is 2.04. The molecule has 1 aromatic rings. The average molecular weight is 298 g/mol. The summed E-state index contributed by atoms with van der Waals surface area (Å²) in [4.78, 5) is 28.4. The normalized spacial score (nSPS) is 22.4. The van der Waals surface area contributed by atoms with Crippen LogP contribution in [0.5, 0.6) is 0 Å². The second-order valence-electron chi connectivity index (χ2n) is 5.43. The molecular formula is C14H16ClNO4. The Hall–Kier alpha value is -1.59. The minimum absolute atomic E-state index is 0.206. The Morgan fingerprint density at radius 3 is 2.65 bits per heavy atom. The van der Waals surface area contributed by atoms with Gasteiger partial charge in [-0.3, -0.25) is 14.4 Å². The molecule has 1 aliphatic rings. The van der Waals surface area contributed by atoms with Crippen LogP contribution in [0.3, 0.4) is 0 Å². The van der Waals surface area contributed by atoms with E-state index in [1.165, 1.54) is 0 Å². The lowest BCUT2D eigenvalue weighted by molar-refractivity contribution is -0.150. The second kappa shape index (κ2) is 5.42. The van der Waals surface area contributed by atoms with E-state index in [1.807, 2.05) is 0 Å². The molecule has 1 fully saturated rings. The molecule has 2 atom stereocenters. The van der Waals surface area contributed by atoms with Crippen molar-refractivity contribution in [2.45, 2.75) is 26.4 Å². The molecule has 108 valence electrons. The SMILES string of the molecule is CC1(C)C(=O)NOC1C(Cc1ccccc1Cl)C(=O)O. The fourth-order valence-electron chi connectivity index (χ4n) is 2.33. The number of benzene rings is 1. The van der Waals surface area contributed by atoms with Crippen LogP contribution in [0.15, 0.2) is 24.3 Å². The van der Waals surface area contributed by atoms with Crippen LogP contribution in [0.2, 0.25) is 5.02 Å². The molecule has 1 amide bonds. The summed E-state index contributed by atoms with van der Waals surface area (Å²) in [5.41, 5.74) is 2.08. The highest BCUT2D eigenvalue weighted by Crippen LogP contribution is 2.35. The van der Waals surface area contributed by atoms with Gasteiger partial charge in [0.1, 0.15) is 6.10 Å². The van der Waals surface area contributed by atoms with E-state index in [2.05, 4.69) is 5.48 Å². The molecule has 0 bridgehead atoms. The lowest BCUT2D eigenvalue weighted by Crippen LogP contribution is -2.41. The highest BCUT2D eigenvalue weighted by Gasteiger charge is 2.50. The Morgan fingerprint density at radius 2 is 2.15 bits per heavy atom. The second-order valence-corrected chi connectivity index (χ2v) is 5.84. The number of hydrogen-bond donors (Lipinski definition) is 2. The molecule has 0 radical (unpaired) electrons. The number of hydrogen-bond acceptors (Lipinski definition) is 3. The monoisotopic (exact) mass is 297 g/mol. The predicted molar refractivity (Wildman–Crippen MR) is 73.1 cm³/mol. The smallest absolute Gasteiger partial charge is 0.309 e. The van der Waals surface area contributed by atoms with E-state index in [9.17, 15) is 14.7 Å². The Labute approximate surface area is 121 Å². The summed E-state index contributed by atoms with van der Waals surface area (Å²) in [6.45, 7) is 3.34. The summed E-state index contributed by atoms with van der Waals surface area (Å²) in [6.07, 6.45) is -0.540. The Kier molecular flexibility index (Phi) is 4.01.